The van der Waals surface area contributed by atoms with Gasteiger partial charge in [-0.15, -0.1) is 11.3 Å². The molecule has 1 aromatic heterocycles. The second-order valence-corrected chi connectivity index (χ2v) is 6.72. The summed E-state index contributed by atoms with van der Waals surface area (Å²) in [7, 11) is 0. The van der Waals surface area contributed by atoms with Gasteiger partial charge in [-0.05, 0) is 17.7 Å². The van der Waals surface area contributed by atoms with Gasteiger partial charge in [-0.25, -0.2) is 9.37 Å². The molecule has 1 saturated heterocycles. The van der Waals surface area contributed by atoms with E-state index in [1.165, 1.54) is 23.5 Å². The Morgan fingerprint density at radius 1 is 1.29 bits per heavy atom. The van der Waals surface area contributed by atoms with Crippen molar-refractivity contribution in [3.8, 4) is 0 Å². The van der Waals surface area contributed by atoms with Crippen LogP contribution in [0.4, 0.5) is 4.39 Å². The van der Waals surface area contributed by atoms with E-state index in [1.807, 2.05) is 0 Å². The molecule has 0 spiro atoms. The van der Waals surface area contributed by atoms with Crippen LogP contribution in [0.1, 0.15) is 21.1 Å². The van der Waals surface area contributed by atoms with Gasteiger partial charge in [-0.3, -0.25) is 9.69 Å². The highest BCUT2D eigenvalue weighted by Crippen LogP contribution is 2.15. The van der Waals surface area contributed by atoms with E-state index in [-0.39, 0.29) is 11.7 Å². The second kappa shape index (κ2) is 8.32. The van der Waals surface area contributed by atoms with Gasteiger partial charge in [-0.2, -0.15) is 0 Å². The first-order valence-electron chi connectivity index (χ1n) is 8.11. The molecular formula is C17H21FN4OS. The molecule has 3 rings (SSSR count). The van der Waals surface area contributed by atoms with E-state index in [9.17, 15) is 9.18 Å². The van der Waals surface area contributed by atoms with Crippen LogP contribution in [0.15, 0.2) is 29.6 Å². The van der Waals surface area contributed by atoms with Crippen LogP contribution in [0, 0.1) is 5.82 Å². The largest absolute Gasteiger partial charge is 0.349 e. The number of aromatic nitrogens is 1. The summed E-state index contributed by atoms with van der Waals surface area (Å²) in [4.78, 5) is 18.9. The van der Waals surface area contributed by atoms with Gasteiger partial charge in [-0.1, -0.05) is 12.1 Å². The molecule has 0 radical (unpaired) electrons. The molecule has 1 aromatic carbocycles. The van der Waals surface area contributed by atoms with E-state index in [1.54, 1.807) is 17.5 Å². The SMILES string of the molecule is O=C(NCCN1CCNCC1)c1csc(Cc2ccc(F)cc2)n1. The molecule has 0 atom stereocenters. The highest BCUT2D eigenvalue weighted by Gasteiger charge is 2.13. The molecule has 7 heteroatoms. The maximum atomic E-state index is 12.9. The van der Waals surface area contributed by atoms with Crippen LogP contribution in [-0.2, 0) is 6.42 Å². The molecule has 128 valence electrons. The van der Waals surface area contributed by atoms with Crippen molar-refractivity contribution >= 4 is 17.2 Å². The molecule has 1 amide bonds. The zero-order valence-corrected chi connectivity index (χ0v) is 14.2. The van der Waals surface area contributed by atoms with E-state index in [0.717, 1.165) is 43.3 Å². The number of nitrogens with zero attached hydrogens (tertiary/aromatic N) is 2. The summed E-state index contributed by atoms with van der Waals surface area (Å²) < 4.78 is 12.9. The number of amides is 1. The number of carbonyl (C=O) groups excluding carboxylic acids is 1. The number of halogens is 1. The molecule has 5 nitrogen and oxygen atoms in total. The lowest BCUT2D eigenvalue weighted by Crippen LogP contribution is -2.46. The Labute approximate surface area is 144 Å². The first-order valence-corrected chi connectivity index (χ1v) is 8.99. The standard InChI is InChI=1S/C17H21FN4OS/c18-14-3-1-13(2-4-14)11-16-21-15(12-24-16)17(23)20-7-10-22-8-5-19-6-9-22/h1-4,12,19H,5-11H2,(H,20,23). The Kier molecular flexibility index (Phi) is 5.90. The third-order valence-corrected chi connectivity index (χ3v) is 4.83. The predicted molar refractivity (Wildman–Crippen MR) is 93.0 cm³/mol. The smallest absolute Gasteiger partial charge is 0.270 e. The number of hydrogen-bond donors (Lipinski definition) is 2. The Morgan fingerprint density at radius 2 is 2.04 bits per heavy atom. The van der Waals surface area contributed by atoms with E-state index in [2.05, 4.69) is 20.5 Å². The Morgan fingerprint density at radius 3 is 2.79 bits per heavy atom. The first kappa shape index (κ1) is 17.0. The lowest BCUT2D eigenvalue weighted by atomic mass is 10.1. The van der Waals surface area contributed by atoms with Crippen molar-refractivity contribution in [3.63, 3.8) is 0 Å². The van der Waals surface area contributed by atoms with Crippen molar-refractivity contribution in [1.29, 1.82) is 0 Å². The van der Waals surface area contributed by atoms with Crippen molar-refractivity contribution in [2.24, 2.45) is 0 Å². The summed E-state index contributed by atoms with van der Waals surface area (Å²) in [6.45, 7) is 5.55. The van der Waals surface area contributed by atoms with E-state index >= 15 is 0 Å². The van der Waals surface area contributed by atoms with Crippen LogP contribution in [0.5, 0.6) is 0 Å². The normalized spacial score (nSPS) is 15.4. The molecule has 0 aliphatic carbocycles. The minimum Gasteiger partial charge on any atom is -0.349 e. The van der Waals surface area contributed by atoms with Gasteiger partial charge in [0.1, 0.15) is 11.5 Å². The van der Waals surface area contributed by atoms with Crippen LogP contribution >= 0.6 is 11.3 Å². The number of rotatable bonds is 6. The van der Waals surface area contributed by atoms with Crippen LogP contribution < -0.4 is 10.6 Å². The maximum absolute atomic E-state index is 12.9. The van der Waals surface area contributed by atoms with Gasteiger partial charge in [0.05, 0.1) is 5.01 Å². The summed E-state index contributed by atoms with van der Waals surface area (Å²) >= 11 is 1.45. The minimum absolute atomic E-state index is 0.133. The summed E-state index contributed by atoms with van der Waals surface area (Å²) in [5, 5.41) is 8.86. The monoisotopic (exact) mass is 348 g/mol. The summed E-state index contributed by atoms with van der Waals surface area (Å²) in [6.07, 6.45) is 0.610. The molecule has 1 fully saturated rings. The second-order valence-electron chi connectivity index (χ2n) is 5.78. The zero-order valence-electron chi connectivity index (χ0n) is 13.4. The summed E-state index contributed by atoms with van der Waals surface area (Å²) in [6, 6.07) is 6.35. The summed E-state index contributed by atoms with van der Waals surface area (Å²) in [5.74, 6) is -0.380. The number of thiazole rings is 1. The highest BCUT2D eigenvalue weighted by atomic mass is 32.1. The lowest BCUT2D eigenvalue weighted by molar-refractivity contribution is 0.0943. The number of hydrogen-bond acceptors (Lipinski definition) is 5. The fourth-order valence-electron chi connectivity index (χ4n) is 2.63. The molecule has 0 saturated carbocycles. The van der Waals surface area contributed by atoms with Gasteiger partial charge in [0, 0.05) is 51.1 Å². The lowest BCUT2D eigenvalue weighted by Gasteiger charge is -2.26. The van der Waals surface area contributed by atoms with E-state index < -0.39 is 0 Å². The maximum Gasteiger partial charge on any atom is 0.270 e. The quantitative estimate of drug-likeness (QED) is 0.831. The third-order valence-electron chi connectivity index (χ3n) is 3.98. The van der Waals surface area contributed by atoms with Gasteiger partial charge in [0.15, 0.2) is 0 Å². The van der Waals surface area contributed by atoms with E-state index in [4.69, 9.17) is 0 Å². The summed E-state index contributed by atoms with van der Waals surface area (Å²) in [5.41, 5.74) is 1.44. The van der Waals surface area contributed by atoms with Crippen LogP contribution in [0.25, 0.3) is 0 Å². The molecular weight excluding hydrogens is 327 g/mol. The van der Waals surface area contributed by atoms with Crippen molar-refractivity contribution in [3.05, 3.63) is 51.7 Å². The van der Waals surface area contributed by atoms with Gasteiger partial charge in [0.2, 0.25) is 0 Å². The van der Waals surface area contributed by atoms with Crippen LogP contribution in [0.2, 0.25) is 0 Å². The van der Waals surface area contributed by atoms with Crippen molar-refractivity contribution in [1.82, 2.24) is 20.5 Å². The molecule has 0 bridgehead atoms. The molecule has 2 heterocycles. The average molecular weight is 348 g/mol. The van der Waals surface area contributed by atoms with Crippen molar-refractivity contribution in [2.75, 3.05) is 39.3 Å². The molecule has 2 aromatic rings. The van der Waals surface area contributed by atoms with Gasteiger partial charge in [0.25, 0.3) is 5.91 Å². The van der Waals surface area contributed by atoms with Crippen LogP contribution in [-0.4, -0.2) is 55.1 Å². The Balaban J connectivity index is 1.47. The Bertz CT molecular complexity index is 667. The highest BCUT2D eigenvalue weighted by molar-refractivity contribution is 7.09. The number of piperazine rings is 1. The zero-order chi connectivity index (χ0) is 16.8. The number of benzene rings is 1. The third kappa shape index (κ3) is 4.83. The van der Waals surface area contributed by atoms with Crippen LogP contribution in [0.3, 0.4) is 0 Å². The number of nitrogens with one attached hydrogen (secondary N) is 2. The molecule has 24 heavy (non-hydrogen) atoms. The predicted octanol–water partition coefficient (Wildman–Crippen LogP) is 1.51. The minimum atomic E-state index is -0.248. The van der Waals surface area contributed by atoms with E-state index in [0.29, 0.717) is 18.7 Å². The molecule has 2 N–H and O–H groups in total. The topological polar surface area (TPSA) is 57.3 Å². The first-order chi connectivity index (χ1) is 11.7. The average Bonchev–Trinajstić information content (AvgIpc) is 3.06. The van der Waals surface area contributed by atoms with Crippen molar-refractivity contribution in [2.45, 2.75) is 6.42 Å². The fraction of sp³-hybridized carbons (Fsp3) is 0.412. The van der Waals surface area contributed by atoms with Gasteiger partial charge >= 0.3 is 0 Å². The number of carbonyl (C=O) groups is 1. The molecule has 1 aliphatic heterocycles. The fourth-order valence-corrected chi connectivity index (χ4v) is 3.43. The molecule has 0 unspecified atom stereocenters. The van der Waals surface area contributed by atoms with Gasteiger partial charge < -0.3 is 10.6 Å². The Hall–Kier alpha value is -1.83. The van der Waals surface area contributed by atoms with Crippen molar-refractivity contribution < 1.29 is 9.18 Å². The molecule has 1 aliphatic rings.